The summed E-state index contributed by atoms with van der Waals surface area (Å²) in [7, 11) is 0. The highest BCUT2D eigenvalue weighted by Gasteiger charge is 2.31. The number of aromatic nitrogens is 1. The van der Waals surface area contributed by atoms with Gasteiger partial charge in [-0.1, -0.05) is 6.07 Å². The molecule has 0 bridgehead atoms. The number of piperidine rings is 1. The number of likely N-dealkylation sites (tertiary alicyclic amines) is 1. The van der Waals surface area contributed by atoms with E-state index >= 15 is 0 Å². The second-order valence-electron chi connectivity index (χ2n) is 7.16. The average molecular weight is 476 g/mol. The number of carbonyl (C=O) groups is 2. The highest BCUT2D eigenvalue weighted by Crippen LogP contribution is 2.22. The van der Waals surface area contributed by atoms with E-state index in [1.165, 1.54) is 18.2 Å². The van der Waals surface area contributed by atoms with Gasteiger partial charge >= 0.3 is 0 Å². The first-order valence-electron chi connectivity index (χ1n) is 9.55. The molecule has 0 radical (unpaired) electrons. The van der Waals surface area contributed by atoms with Crippen LogP contribution >= 0.6 is 15.9 Å². The van der Waals surface area contributed by atoms with Crippen molar-refractivity contribution in [3.8, 4) is 0 Å². The average Bonchev–Trinajstić information content (AvgIpc) is 2.75. The third-order valence-corrected chi connectivity index (χ3v) is 5.52. The molecule has 2 heterocycles. The van der Waals surface area contributed by atoms with Crippen molar-refractivity contribution >= 4 is 44.9 Å². The topological polar surface area (TPSA) is 117 Å². The zero-order chi connectivity index (χ0) is 21.7. The molecule has 2 aromatic rings. The molecule has 1 fully saturated rings. The summed E-state index contributed by atoms with van der Waals surface area (Å²) in [5.74, 6) is -0.166. The van der Waals surface area contributed by atoms with Crippen LogP contribution in [0.3, 0.4) is 0 Å². The molecule has 2 amide bonds. The molecule has 1 aliphatic heterocycles. The number of halogens is 1. The minimum Gasteiger partial charge on any atom is -0.324 e. The molecule has 9 nitrogen and oxygen atoms in total. The van der Waals surface area contributed by atoms with Gasteiger partial charge in [-0.05, 0) is 60.4 Å². The first kappa shape index (κ1) is 21.8. The van der Waals surface area contributed by atoms with Crippen molar-refractivity contribution in [1.29, 1.82) is 0 Å². The zero-order valence-electron chi connectivity index (χ0n) is 16.4. The maximum atomic E-state index is 12.7. The quantitative estimate of drug-likeness (QED) is 0.487. The fourth-order valence-electron chi connectivity index (χ4n) is 3.36. The highest BCUT2D eigenvalue weighted by molar-refractivity contribution is 9.10. The summed E-state index contributed by atoms with van der Waals surface area (Å²) < 4.78 is 0.827. The maximum absolute atomic E-state index is 12.7. The van der Waals surface area contributed by atoms with Gasteiger partial charge in [-0.3, -0.25) is 24.6 Å². The number of benzene rings is 1. The van der Waals surface area contributed by atoms with Gasteiger partial charge in [0.15, 0.2) is 0 Å². The summed E-state index contributed by atoms with van der Waals surface area (Å²) in [5.41, 5.74) is 0.283. The molecule has 0 unspecified atom stereocenters. The van der Waals surface area contributed by atoms with Crippen LogP contribution in [0.4, 0.5) is 17.2 Å². The van der Waals surface area contributed by atoms with E-state index in [0.29, 0.717) is 24.6 Å². The third kappa shape index (κ3) is 5.61. The van der Waals surface area contributed by atoms with Crippen LogP contribution in [-0.4, -0.2) is 45.8 Å². The first-order valence-corrected chi connectivity index (χ1v) is 10.3. The maximum Gasteiger partial charge on any atom is 0.271 e. The lowest BCUT2D eigenvalue weighted by Crippen LogP contribution is -2.49. The predicted molar refractivity (Wildman–Crippen MR) is 116 cm³/mol. The number of rotatable bonds is 6. The molecular formula is C20H22BrN5O4. The van der Waals surface area contributed by atoms with Crippen LogP contribution in [0, 0.1) is 16.0 Å². The van der Waals surface area contributed by atoms with Crippen LogP contribution in [0.25, 0.3) is 0 Å². The Kier molecular flexibility index (Phi) is 7.11. The zero-order valence-corrected chi connectivity index (χ0v) is 18.0. The van der Waals surface area contributed by atoms with Gasteiger partial charge in [-0.2, -0.15) is 0 Å². The van der Waals surface area contributed by atoms with Crippen molar-refractivity contribution in [2.24, 2.45) is 5.92 Å². The summed E-state index contributed by atoms with van der Waals surface area (Å²) in [5, 5.41) is 16.5. The van der Waals surface area contributed by atoms with Crippen molar-refractivity contribution in [3.05, 3.63) is 57.2 Å². The molecule has 10 heteroatoms. The van der Waals surface area contributed by atoms with Gasteiger partial charge in [0.2, 0.25) is 11.8 Å². The number of non-ortho nitro benzene ring substituents is 1. The van der Waals surface area contributed by atoms with E-state index in [9.17, 15) is 19.7 Å². The fraction of sp³-hybridized carbons (Fsp3) is 0.350. The minimum atomic E-state index is -0.507. The van der Waals surface area contributed by atoms with Crippen LogP contribution in [0.1, 0.15) is 19.8 Å². The summed E-state index contributed by atoms with van der Waals surface area (Å²) in [6.45, 7) is 2.92. The third-order valence-electron chi connectivity index (χ3n) is 5.05. The summed E-state index contributed by atoms with van der Waals surface area (Å²) in [6, 6.07) is 8.86. The normalized spacial score (nSPS) is 17.7. The molecule has 0 aliphatic carbocycles. The molecule has 0 saturated carbocycles. The van der Waals surface area contributed by atoms with Gasteiger partial charge in [0, 0.05) is 35.0 Å². The number of pyridine rings is 1. The van der Waals surface area contributed by atoms with Crippen LogP contribution in [0.15, 0.2) is 47.1 Å². The first-order chi connectivity index (χ1) is 14.3. The molecule has 1 aliphatic rings. The molecule has 1 aromatic heterocycles. The summed E-state index contributed by atoms with van der Waals surface area (Å²) in [4.78, 5) is 41.8. The number of hydrogen-bond acceptors (Lipinski definition) is 6. The number of hydrogen-bond donors (Lipinski definition) is 2. The Morgan fingerprint density at radius 3 is 2.80 bits per heavy atom. The Morgan fingerprint density at radius 1 is 1.30 bits per heavy atom. The number of nitrogens with one attached hydrogen (secondary N) is 2. The number of nitro groups is 1. The van der Waals surface area contributed by atoms with E-state index in [0.717, 1.165) is 17.3 Å². The molecule has 30 heavy (non-hydrogen) atoms. The lowest BCUT2D eigenvalue weighted by Gasteiger charge is -2.35. The highest BCUT2D eigenvalue weighted by atomic mass is 79.9. The lowest BCUT2D eigenvalue weighted by molar-refractivity contribution is -0.384. The SMILES string of the molecule is C[C@@H](C(=O)Nc1cccc([N+](=O)[O-])c1)N1CCC[C@H](C(=O)Nc2ccc(Br)cn2)C1. The number of anilines is 2. The number of nitrogens with zero attached hydrogens (tertiary/aromatic N) is 3. The summed E-state index contributed by atoms with van der Waals surface area (Å²) in [6.07, 6.45) is 3.14. The van der Waals surface area contributed by atoms with Gasteiger partial charge in [-0.25, -0.2) is 4.98 Å². The number of amides is 2. The van der Waals surface area contributed by atoms with E-state index in [1.807, 2.05) is 4.90 Å². The second kappa shape index (κ2) is 9.77. The molecule has 158 valence electrons. The van der Waals surface area contributed by atoms with Gasteiger partial charge in [-0.15, -0.1) is 0 Å². The van der Waals surface area contributed by atoms with Gasteiger partial charge in [0.05, 0.1) is 16.9 Å². The van der Waals surface area contributed by atoms with Crippen molar-refractivity contribution in [3.63, 3.8) is 0 Å². The molecule has 1 aromatic carbocycles. The van der Waals surface area contributed by atoms with Crippen LogP contribution in [-0.2, 0) is 9.59 Å². The van der Waals surface area contributed by atoms with E-state index in [1.54, 1.807) is 31.3 Å². The number of carbonyl (C=O) groups excluding carboxylic acids is 2. The second-order valence-corrected chi connectivity index (χ2v) is 8.07. The Bertz CT molecular complexity index is 937. The number of nitro benzene ring substituents is 1. The van der Waals surface area contributed by atoms with Crippen LogP contribution < -0.4 is 10.6 Å². The Hall–Kier alpha value is -2.85. The molecular weight excluding hydrogens is 454 g/mol. The lowest BCUT2D eigenvalue weighted by atomic mass is 9.96. The van der Waals surface area contributed by atoms with Crippen LogP contribution in [0.2, 0.25) is 0 Å². The van der Waals surface area contributed by atoms with Gasteiger partial charge < -0.3 is 10.6 Å². The van der Waals surface area contributed by atoms with E-state index in [-0.39, 0.29) is 23.4 Å². The standard InChI is InChI=1S/C20H22BrN5O4/c1-13(19(27)23-16-5-2-6-17(10-16)26(29)30)25-9-3-4-14(12-25)20(28)24-18-8-7-15(21)11-22-18/h2,5-8,10-11,13-14H,3-4,9,12H2,1H3,(H,23,27)(H,22,24,28)/t13-,14-/m0/s1. The monoisotopic (exact) mass is 475 g/mol. The molecule has 1 saturated heterocycles. The van der Waals surface area contributed by atoms with E-state index in [2.05, 4.69) is 31.5 Å². The fourth-order valence-corrected chi connectivity index (χ4v) is 3.59. The Morgan fingerprint density at radius 2 is 2.10 bits per heavy atom. The van der Waals surface area contributed by atoms with E-state index < -0.39 is 11.0 Å². The molecule has 2 N–H and O–H groups in total. The molecule has 3 rings (SSSR count). The molecule has 2 atom stereocenters. The Balaban J connectivity index is 1.59. The minimum absolute atomic E-state index is 0.0864. The van der Waals surface area contributed by atoms with Crippen molar-refractivity contribution in [1.82, 2.24) is 9.88 Å². The predicted octanol–water partition coefficient (Wildman–Crippen LogP) is 3.43. The smallest absolute Gasteiger partial charge is 0.271 e. The van der Waals surface area contributed by atoms with Gasteiger partial charge in [0.25, 0.3) is 5.69 Å². The van der Waals surface area contributed by atoms with Crippen molar-refractivity contribution < 1.29 is 14.5 Å². The van der Waals surface area contributed by atoms with Gasteiger partial charge in [0.1, 0.15) is 5.82 Å². The summed E-state index contributed by atoms with van der Waals surface area (Å²) >= 11 is 3.31. The largest absolute Gasteiger partial charge is 0.324 e. The van der Waals surface area contributed by atoms with Crippen molar-refractivity contribution in [2.45, 2.75) is 25.8 Å². The van der Waals surface area contributed by atoms with Crippen LogP contribution in [0.5, 0.6) is 0 Å². The van der Waals surface area contributed by atoms with Crippen molar-refractivity contribution in [2.75, 3.05) is 23.7 Å². The van der Waals surface area contributed by atoms with E-state index in [4.69, 9.17) is 0 Å². The Labute approximate surface area is 182 Å². The molecule has 0 spiro atoms.